The fraction of sp³-hybridized carbons (Fsp3) is 0.217. The Morgan fingerprint density at radius 2 is 1.82 bits per heavy atom. The number of hydrogen-bond acceptors (Lipinski definition) is 9. The molecule has 2 heterocycles. The first-order chi connectivity index (χ1) is 16.2. The zero-order valence-corrected chi connectivity index (χ0v) is 20.4. The molecule has 5 N–H and O–H groups in total. The minimum absolute atomic E-state index is 0. The lowest BCUT2D eigenvalue weighted by Crippen LogP contribution is -2.10. The summed E-state index contributed by atoms with van der Waals surface area (Å²) >= 11 is 6.41. The lowest BCUT2D eigenvalue weighted by atomic mass is 10.1. The Labute approximate surface area is 206 Å². The van der Waals surface area contributed by atoms with E-state index >= 15 is 0 Å². The number of benzene rings is 2. The topological polar surface area (TPSA) is 143 Å². The molecule has 0 atom stereocenters. The van der Waals surface area contributed by atoms with Crippen LogP contribution in [0.25, 0.3) is 34.3 Å². The summed E-state index contributed by atoms with van der Waals surface area (Å²) in [6, 6.07) is 12.4. The monoisotopic (exact) mass is 504 g/mol. The molecule has 4 aromatic rings. The van der Waals surface area contributed by atoms with Crippen molar-refractivity contribution in [3.8, 4) is 34.3 Å². The van der Waals surface area contributed by atoms with Gasteiger partial charge in [0.15, 0.2) is 11.5 Å². The highest BCUT2D eigenvalue weighted by Gasteiger charge is 2.21. The van der Waals surface area contributed by atoms with Crippen molar-refractivity contribution in [3.05, 3.63) is 59.2 Å². The van der Waals surface area contributed by atoms with Crippen LogP contribution in [0.2, 0.25) is 5.02 Å². The van der Waals surface area contributed by atoms with E-state index in [1.807, 2.05) is 25.2 Å². The second-order valence-electron chi connectivity index (χ2n) is 7.91. The van der Waals surface area contributed by atoms with E-state index in [0.29, 0.717) is 27.7 Å². The molecule has 0 aliphatic carbocycles. The zero-order valence-electron chi connectivity index (χ0n) is 18.9. The number of hydrogen-bond donors (Lipinski definition) is 4. The van der Waals surface area contributed by atoms with E-state index in [4.69, 9.17) is 21.8 Å². The highest BCUT2D eigenvalue weighted by Crippen LogP contribution is 2.52. The first kappa shape index (κ1) is 24.1. The smallest absolute Gasteiger partial charge is 0.270 e. The van der Waals surface area contributed by atoms with Crippen molar-refractivity contribution < 1.29 is 16.4 Å². The normalized spacial score (nSPS) is 12.3. The Morgan fingerprint density at radius 3 is 2.47 bits per heavy atom. The maximum Gasteiger partial charge on any atom is 0.270 e. The van der Waals surface area contributed by atoms with Gasteiger partial charge in [-0.15, -0.1) is 10.2 Å². The first-order valence-corrected chi connectivity index (χ1v) is 12.5. The summed E-state index contributed by atoms with van der Waals surface area (Å²) in [6.07, 6.45) is 1.53. The predicted molar refractivity (Wildman–Crippen MR) is 139 cm³/mol. The lowest BCUT2D eigenvalue weighted by Gasteiger charge is -2.36. The minimum atomic E-state index is -2.87. The second-order valence-corrected chi connectivity index (χ2v) is 10.9. The highest BCUT2D eigenvalue weighted by molar-refractivity contribution is 8.24. The minimum Gasteiger partial charge on any atom is -0.414 e. The van der Waals surface area contributed by atoms with Crippen LogP contribution in [0.15, 0.2) is 58.0 Å². The molecule has 2 aromatic carbocycles. The van der Waals surface area contributed by atoms with Gasteiger partial charge in [0.1, 0.15) is 0 Å². The maximum absolute atomic E-state index is 10.4. The fourth-order valence-electron chi connectivity index (χ4n) is 3.27. The van der Waals surface area contributed by atoms with Gasteiger partial charge in [-0.25, -0.2) is 9.97 Å². The molecule has 4 rings (SSSR count). The third kappa shape index (κ3) is 4.77. The van der Waals surface area contributed by atoms with Gasteiger partial charge in [0.25, 0.3) is 5.89 Å². The number of anilines is 1. The molecule has 0 fully saturated rings. The molecule has 0 radical (unpaired) electrons. The second kappa shape index (κ2) is 9.69. The van der Waals surface area contributed by atoms with Crippen molar-refractivity contribution in [1.82, 2.24) is 25.5 Å². The summed E-state index contributed by atoms with van der Waals surface area (Å²) in [6.45, 7) is 4.22. The molecule has 0 amide bonds. The molecule has 0 saturated carbocycles. The van der Waals surface area contributed by atoms with Crippen molar-refractivity contribution in [1.29, 1.82) is 0 Å². The van der Waals surface area contributed by atoms with Crippen molar-refractivity contribution in [3.63, 3.8) is 0 Å². The van der Waals surface area contributed by atoms with Crippen LogP contribution in [-0.2, 0) is 6.54 Å². The van der Waals surface area contributed by atoms with Crippen LogP contribution in [0.4, 0.5) is 5.82 Å². The molecule has 9 nitrogen and oxygen atoms in total. The summed E-state index contributed by atoms with van der Waals surface area (Å²) in [5, 5.41) is 11.5. The standard InChI is InChI=1S/C23H25ClN6O3S.2H2/c1-13(2)34(31,32)16-7-5-15(6-8-16)19-12-27-21(25)20(28-19)23-30-29-22(33-23)17-9-4-14(11-26-3)10-18(17)24;;/h4-10,12-13,26,31-32H,11H2,1-3H3,(H2,25,27);2*1H. The van der Waals surface area contributed by atoms with Crippen LogP contribution in [0.3, 0.4) is 0 Å². The van der Waals surface area contributed by atoms with E-state index in [9.17, 15) is 9.11 Å². The van der Waals surface area contributed by atoms with Gasteiger partial charge in [-0.1, -0.05) is 29.8 Å². The Morgan fingerprint density at radius 1 is 1.12 bits per heavy atom. The van der Waals surface area contributed by atoms with Crippen LogP contribution in [0.1, 0.15) is 22.3 Å². The summed E-state index contributed by atoms with van der Waals surface area (Å²) in [5.74, 6) is 0.494. The zero-order chi connectivity index (χ0) is 24.5. The Kier molecular flexibility index (Phi) is 6.87. The number of rotatable bonds is 7. The molecule has 0 bridgehead atoms. The average molecular weight is 505 g/mol. The summed E-state index contributed by atoms with van der Waals surface area (Å²) in [4.78, 5) is 9.25. The fourth-order valence-corrected chi connectivity index (χ4v) is 4.63. The van der Waals surface area contributed by atoms with Crippen LogP contribution in [0, 0.1) is 0 Å². The van der Waals surface area contributed by atoms with Gasteiger partial charge in [-0.05, 0) is 50.7 Å². The van der Waals surface area contributed by atoms with Gasteiger partial charge in [0, 0.05) is 20.2 Å². The molecular formula is C23H29ClN6O3S. The van der Waals surface area contributed by atoms with E-state index in [0.717, 1.165) is 11.1 Å². The molecule has 0 aliphatic rings. The SMILES string of the molecule is CNCc1ccc(-c2nnc(-c3nc(-c4ccc(S(O)(O)C(C)C)cc4)cnc3N)o2)c(Cl)c1.[HH].[HH]. The van der Waals surface area contributed by atoms with Gasteiger partial charge >= 0.3 is 0 Å². The molecule has 0 spiro atoms. The van der Waals surface area contributed by atoms with Crippen LogP contribution >= 0.6 is 22.2 Å². The average Bonchev–Trinajstić information content (AvgIpc) is 3.29. The van der Waals surface area contributed by atoms with Crippen molar-refractivity contribution >= 4 is 28.0 Å². The van der Waals surface area contributed by atoms with E-state index in [1.165, 1.54) is 6.20 Å². The largest absolute Gasteiger partial charge is 0.414 e. The summed E-state index contributed by atoms with van der Waals surface area (Å²) in [5.41, 5.74) is 9.16. The van der Waals surface area contributed by atoms with Gasteiger partial charge < -0.3 is 15.5 Å². The number of nitrogens with two attached hydrogens (primary N) is 1. The van der Waals surface area contributed by atoms with Crippen molar-refractivity contribution in [2.45, 2.75) is 30.5 Å². The van der Waals surface area contributed by atoms with E-state index in [1.54, 1.807) is 38.1 Å². The van der Waals surface area contributed by atoms with Crippen LogP contribution in [0.5, 0.6) is 0 Å². The molecule has 2 aromatic heterocycles. The molecule has 0 saturated heterocycles. The van der Waals surface area contributed by atoms with Crippen molar-refractivity contribution in [2.75, 3.05) is 12.8 Å². The molecule has 0 aliphatic heterocycles. The molecular weight excluding hydrogens is 476 g/mol. The molecule has 34 heavy (non-hydrogen) atoms. The summed E-state index contributed by atoms with van der Waals surface area (Å²) in [7, 11) is -1.01. The Bertz CT molecular complexity index is 1320. The van der Waals surface area contributed by atoms with E-state index < -0.39 is 10.6 Å². The highest BCUT2D eigenvalue weighted by atomic mass is 35.5. The van der Waals surface area contributed by atoms with E-state index in [-0.39, 0.29) is 31.4 Å². The molecule has 182 valence electrons. The van der Waals surface area contributed by atoms with Gasteiger partial charge in [-0.2, -0.15) is 10.6 Å². The van der Waals surface area contributed by atoms with Gasteiger partial charge in [0.05, 0.1) is 27.4 Å². The number of nitrogens with one attached hydrogen (secondary N) is 1. The van der Waals surface area contributed by atoms with Gasteiger partial charge in [0.2, 0.25) is 5.89 Å². The number of halogens is 1. The van der Waals surface area contributed by atoms with Crippen molar-refractivity contribution in [2.24, 2.45) is 0 Å². The third-order valence-electron chi connectivity index (χ3n) is 5.23. The number of aromatic nitrogens is 4. The Balaban J connectivity index is 0.00000228. The predicted octanol–water partition coefficient (Wildman–Crippen LogP) is 5.83. The lowest BCUT2D eigenvalue weighted by molar-refractivity contribution is 0.476. The van der Waals surface area contributed by atoms with Crippen LogP contribution in [-0.4, -0.2) is 41.6 Å². The van der Waals surface area contributed by atoms with Gasteiger partial charge in [-0.3, -0.25) is 9.11 Å². The van der Waals surface area contributed by atoms with E-state index in [2.05, 4.69) is 25.5 Å². The number of nitrogen functional groups attached to an aromatic ring is 1. The number of nitrogens with zero attached hydrogens (tertiary/aromatic N) is 4. The maximum atomic E-state index is 10.4. The molecule has 11 heteroatoms. The summed E-state index contributed by atoms with van der Waals surface area (Å²) < 4.78 is 26.6. The van der Waals surface area contributed by atoms with Crippen LogP contribution < -0.4 is 11.1 Å². The third-order valence-corrected chi connectivity index (χ3v) is 7.82. The first-order valence-electron chi connectivity index (χ1n) is 10.5. The molecule has 0 unspecified atom stereocenters. The Hall–Kier alpha value is -3.02. The quantitative estimate of drug-likeness (QED) is 0.244.